The predicted molar refractivity (Wildman–Crippen MR) is 74.8 cm³/mol. The molecule has 1 atom stereocenters. The molecule has 0 aliphatic rings. The van der Waals surface area contributed by atoms with Crippen molar-refractivity contribution < 1.29 is 4.42 Å². The van der Waals surface area contributed by atoms with Gasteiger partial charge in [-0.3, -0.25) is 0 Å². The van der Waals surface area contributed by atoms with Crippen LogP contribution in [-0.2, 0) is 0 Å². The van der Waals surface area contributed by atoms with E-state index >= 15 is 0 Å². The molecule has 0 fully saturated rings. The molecule has 18 heavy (non-hydrogen) atoms. The van der Waals surface area contributed by atoms with E-state index in [0.717, 1.165) is 18.7 Å². The zero-order chi connectivity index (χ0) is 13.0. The molecule has 0 aliphatic carbocycles. The van der Waals surface area contributed by atoms with E-state index < -0.39 is 0 Å². The van der Waals surface area contributed by atoms with Gasteiger partial charge >= 0.3 is 0 Å². The Morgan fingerprint density at radius 3 is 2.44 bits per heavy atom. The van der Waals surface area contributed by atoms with Crippen LogP contribution in [0, 0.1) is 13.8 Å². The molecular formula is C16H21NO. The highest BCUT2D eigenvalue weighted by atomic mass is 16.3. The fourth-order valence-corrected chi connectivity index (χ4v) is 2.30. The maximum Gasteiger partial charge on any atom is 0.125 e. The lowest BCUT2D eigenvalue weighted by molar-refractivity contribution is 0.446. The molecule has 0 radical (unpaired) electrons. The first kappa shape index (κ1) is 12.9. The fraction of sp³-hybridized carbons (Fsp3) is 0.375. The smallest absolute Gasteiger partial charge is 0.125 e. The van der Waals surface area contributed by atoms with Crippen molar-refractivity contribution in [2.24, 2.45) is 0 Å². The summed E-state index contributed by atoms with van der Waals surface area (Å²) in [6.07, 6.45) is 2.85. The monoisotopic (exact) mass is 243 g/mol. The van der Waals surface area contributed by atoms with Crippen molar-refractivity contribution in [3.05, 3.63) is 59.0 Å². The van der Waals surface area contributed by atoms with Gasteiger partial charge in [0.15, 0.2) is 0 Å². The molecule has 1 aromatic carbocycles. The second-order valence-corrected chi connectivity index (χ2v) is 4.82. The summed E-state index contributed by atoms with van der Waals surface area (Å²) in [5.74, 6) is 0.980. The lowest BCUT2D eigenvalue weighted by atomic mass is 9.99. The van der Waals surface area contributed by atoms with Gasteiger partial charge in [-0.2, -0.15) is 0 Å². The predicted octanol–water partition coefficient (Wildman–Crippen LogP) is 3.99. The Balaban J connectivity index is 2.33. The van der Waals surface area contributed by atoms with Crippen molar-refractivity contribution in [1.29, 1.82) is 0 Å². The summed E-state index contributed by atoms with van der Waals surface area (Å²) in [6, 6.07) is 10.8. The van der Waals surface area contributed by atoms with Crippen LogP contribution in [0.15, 0.2) is 41.0 Å². The van der Waals surface area contributed by atoms with Gasteiger partial charge in [0.05, 0.1) is 12.3 Å². The summed E-state index contributed by atoms with van der Waals surface area (Å²) in [7, 11) is 0. The fourth-order valence-electron chi connectivity index (χ4n) is 2.30. The minimum Gasteiger partial charge on any atom is -0.467 e. The van der Waals surface area contributed by atoms with Crippen LogP contribution in [0.1, 0.15) is 41.8 Å². The molecule has 2 heteroatoms. The summed E-state index contributed by atoms with van der Waals surface area (Å²) >= 11 is 0. The standard InChI is InChI=1S/C16H21NO/c1-4-7-17-16(15-6-5-8-18-15)14-10-12(2)9-13(3)11-14/h5-6,8-11,16-17H,4,7H2,1-3H3. The van der Waals surface area contributed by atoms with Crippen LogP contribution in [-0.4, -0.2) is 6.54 Å². The molecular weight excluding hydrogens is 222 g/mol. The van der Waals surface area contributed by atoms with Gasteiger partial charge < -0.3 is 9.73 Å². The normalized spacial score (nSPS) is 12.6. The number of rotatable bonds is 5. The van der Waals surface area contributed by atoms with E-state index in [4.69, 9.17) is 4.42 Å². The summed E-state index contributed by atoms with van der Waals surface area (Å²) in [5.41, 5.74) is 3.86. The van der Waals surface area contributed by atoms with Crippen molar-refractivity contribution in [2.45, 2.75) is 33.2 Å². The van der Waals surface area contributed by atoms with E-state index in [0.29, 0.717) is 0 Å². The molecule has 0 spiro atoms. The number of hydrogen-bond donors (Lipinski definition) is 1. The van der Waals surface area contributed by atoms with Crippen molar-refractivity contribution in [2.75, 3.05) is 6.54 Å². The first-order chi connectivity index (χ1) is 8.70. The molecule has 2 aromatic rings. The maximum absolute atomic E-state index is 5.56. The molecule has 1 aromatic heterocycles. The third-order valence-corrected chi connectivity index (χ3v) is 3.00. The molecule has 1 N–H and O–H groups in total. The van der Waals surface area contributed by atoms with Crippen molar-refractivity contribution in [1.82, 2.24) is 5.32 Å². The molecule has 1 heterocycles. The quantitative estimate of drug-likeness (QED) is 0.859. The van der Waals surface area contributed by atoms with Gasteiger partial charge in [0.1, 0.15) is 5.76 Å². The van der Waals surface area contributed by atoms with Gasteiger partial charge in [0.2, 0.25) is 0 Å². The van der Waals surface area contributed by atoms with Crippen molar-refractivity contribution in [3.8, 4) is 0 Å². The molecule has 0 amide bonds. The number of benzene rings is 1. The SMILES string of the molecule is CCCNC(c1cc(C)cc(C)c1)c1ccco1. The number of nitrogens with one attached hydrogen (secondary N) is 1. The van der Waals surface area contributed by atoms with Gasteiger partial charge in [-0.05, 0) is 44.5 Å². The Kier molecular flexibility index (Phi) is 4.21. The van der Waals surface area contributed by atoms with E-state index in [1.807, 2.05) is 12.1 Å². The van der Waals surface area contributed by atoms with Gasteiger partial charge in [-0.25, -0.2) is 0 Å². The lowest BCUT2D eigenvalue weighted by Gasteiger charge is -2.18. The van der Waals surface area contributed by atoms with E-state index in [2.05, 4.69) is 44.3 Å². The first-order valence-electron chi connectivity index (χ1n) is 6.55. The van der Waals surface area contributed by atoms with E-state index in [-0.39, 0.29) is 6.04 Å². The topological polar surface area (TPSA) is 25.2 Å². The van der Waals surface area contributed by atoms with E-state index in [9.17, 15) is 0 Å². The molecule has 0 saturated heterocycles. The highest BCUT2D eigenvalue weighted by Crippen LogP contribution is 2.24. The highest BCUT2D eigenvalue weighted by molar-refractivity contribution is 5.34. The average Bonchev–Trinajstić information content (AvgIpc) is 2.82. The average molecular weight is 243 g/mol. The second-order valence-electron chi connectivity index (χ2n) is 4.82. The summed E-state index contributed by atoms with van der Waals surface area (Å²) in [4.78, 5) is 0. The number of hydrogen-bond acceptors (Lipinski definition) is 2. The first-order valence-corrected chi connectivity index (χ1v) is 6.55. The molecule has 2 nitrogen and oxygen atoms in total. The molecule has 96 valence electrons. The molecule has 0 bridgehead atoms. The third-order valence-electron chi connectivity index (χ3n) is 3.00. The van der Waals surface area contributed by atoms with Crippen LogP contribution in [0.25, 0.3) is 0 Å². The molecule has 0 saturated carbocycles. The minimum absolute atomic E-state index is 0.151. The molecule has 0 aliphatic heterocycles. The number of aryl methyl sites for hydroxylation is 2. The van der Waals surface area contributed by atoms with E-state index in [1.54, 1.807) is 6.26 Å². The van der Waals surface area contributed by atoms with Gasteiger partial charge in [0, 0.05) is 0 Å². The van der Waals surface area contributed by atoms with Crippen LogP contribution in [0.2, 0.25) is 0 Å². The van der Waals surface area contributed by atoms with Crippen LogP contribution in [0.3, 0.4) is 0 Å². The van der Waals surface area contributed by atoms with Gasteiger partial charge in [-0.15, -0.1) is 0 Å². The number of furan rings is 1. The van der Waals surface area contributed by atoms with Crippen LogP contribution in [0.5, 0.6) is 0 Å². The Hall–Kier alpha value is -1.54. The van der Waals surface area contributed by atoms with Gasteiger partial charge in [-0.1, -0.05) is 36.2 Å². The summed E-state index contributed by atoms with van der Waals surface area (Å²) < 4.78 is 5.56. The van der Waals surface area contributed by atoms with Crippen molar-refractivity contribution >= 4 is 0 Å². The Morgan fingerprint density at radius 2 is 1.89 bits per heavy atom. The van der Waals surface area contributed by atoms with Gasteiger partial charge in [0.25, 0.3) is 0 Å². The maximum atomic E-state index is 5.56. The summed E-state index contributed by atoms with van der Waals surface area (Å²) in [5, 5.41) is 3.55. The van der Waals surface area contributed by atoms with Crippen LogP contribution < -0.4 is 5.32 Å². The van der Waals surface area contributed by atoms with Crippen LogP contribution >= 0.6 is 0 Å². The van der Waals surface area contributed by atoms with Crippen LogP contribution in [0.4, 0.5) is 0 Å². The summed E-state index contributed by atoms with van der Waals surface area (Å²) in [6.45, 7) is 7.43. The highest BCUT2D eigenvalue weighted by Gasteiger charge is 2.16. The Bertz CT molecular complexity index is 468. The Labute approximate surface area is 109 Å². The third kappa shape index (κ3) is 3.02. The second kappa shape index (κ2) is 5.87. The molecule has 2 rings (SSSR count). The minimum atomic E-state index is 0.151. The largest absolute Gasteiger partial charge is 0.467 e. The Morgan fingerprint density at radius 1 is 1.17 bits per heavy atom. The van der Waals surface area contributed by atoms with Crippen molar-refractivity contribution in [3.63, 3.8) is 0 Å². The lowest BCUT2D eigenvalue weighted by Crippen LogP contribution is -2.23. The zero-order valence-corrected chi connectivity index (χ0v) is 11.4. The molecule has 1 unspecified atom stereocenters. The zero-order valence-electron chi connectivity index (χ0n) is 11.4. The van der Waals surface area contributed by atoms with E-state index in [1.165, 1.54) is 16.7 Å².